The third kappa shape index (κ3) is 2.95. The van der Waals surface area contributed by atoms with Crippen LogP contribution in [0.2, 0.25) is 0 Å². The first-order chi connectivity index (χ1) is 7.42. The maximum atomic E-state index is 2.27. The van der Waals surface area contributed by atoms with E-state index >= 15 is 0 Å². The van der Waals surface area contributed by atoms with Gasteiger partial charge in [-0.25, -0.2) is 0 Å². The van der Waals surface area contributed by atoms with Crippen LogP contribution in [-0.2, 0) is 0 Å². The van der Waals surface area contributed by atoms with Crippen molar-refractivity contribution in [3.05, 3.63) is 41.5 Å². The molecular formula is C15H20. The van der Waals surface area contributed by atoms with E-state index in [0.29, 0.717) is 0 Å². The highest BCUT2D eigenvalue weighted by atomic mass is 14.2. The molecule has 0 bridgehead atoms. The van der Waals surface area contributed by atoms with Gasteiger partial charge in [0.05, 0.1) is 0 Å². The predicted octanol–water partition coefficient (Wildman–Crippen LogP) is 4.81. The quantitative estimate of drug-likeness (QED) is 0.598. The lowest BCUT2D eigenvalue weighted by Crippen LogP contribution is -1.85. The van der Waals surface area contributed by atoms with E-state index in [1.165, 1.54) is 44.1 Å². The predicted molar refractivity (Wildman–Crippen MR) is 66.7 cm³/mol. The van der Waals surface area contributed by atoms with Gasteiger partial charge in [-0.2, -0.15) is 0 Å². The molecule has 0 radical (unpaired) electrons. The summed E-state index contributed by atoms with van der Waals surface area (Å²) in [5.74, 6) is 0. The second-order valence-electron chi connectivity index (χ2n) is 4.41. The second-order valence-corrected chi connectivity index (χ2v) is 4.41. The summed E-state index contributed by atoms with van der Waals surface area (Å²) in [6.07, 6.45) is 8.01. The molecule has 15 heavy (non-hydrogen) atoms. The number of hydrogen-bond donors (Lipinski definition) is 0. The summed E-state index contributed by atoms with van der Waals surface area (Å²) in [5.41, 5.74) is 4.81. The Morgan fingerprint density at radius 1 is 1.07 bits per heavy atom. The molecule has 80 valence electrons. The van der Waals surface area contributed by atoms with E-state index in [4.69, 9.17) is 0 Å². The highest BCUT2D eigenvalue weighted by Crippen LogP contribution is 2.38. The summed E-state index contributed by atoms with van der Waals surface area (Å²) >= 11 is 0. The Hall–Kier alpha value is -1.04. The molecular weight excluding hydrogens is 180 g/mol. The Kier molecular flexibility index (Phi) is 3.60. The summed E-state index contributed by atoms with van der Waals surface area (Å²) in [6.45, 7) is 2.27. The van der Waals surface area contributed by atoms with Crippen LogP contribution in [0.5, 0.6) is 0 Å². The molecule has 1 saturated carbocycles. The summed E-state index contributed by atoms with van der Waals surface area (Å²) in [4.78, 5) is 0. The third-order valence-corrected chi connectivity index (χ3v) is 3.08. The fourth-order valence-corrected chi connectivity index (χ4v) is 2.08. The topological polar surface area (TPSA) is 0 Å². The molecule has 0 N–H and O–H groups in total. The van der Waals surface area contributed by atoms with Gasteiger partial charge in [0.1, 0.15) is 0 Å². The lowest BCUT2D eigenvalue weighted by atomic mass is 9.99. The molecule has 0 heterocycles. The summed E-state index contributed by atoms with van der Waals surface area (Å²) in [6, 6.07) is 10.9. The lowest BCUT2D eigenvalue weighted by molar-refractivity contribution is 0.735. The molecule has 0 heteroatoms. The van der Waals surface area contributed by atoms with Gasteiger partial charge in [0.2, 0.25) is 0 Å². The molecule has 2 rings (SSSR count). The van der Waals surface area contributed by atoms with Crippen molar-refractivity contribution < 1.29 is 0 Å². The molecule has 0 unspecified atom stereocenters. The highest BCUT2D eigenvalue weighted by Gasteiger charge is 2.17. The normalized spacial score (nSPS) is 14.1. The van der Waals surface area contributed by atoms with Crippen molar-refractivity contribution >= 4 is 5.57 Å². The van der Waals surface area contributed by atoms with Gasteiger partial charge in [-0.05, 0) is 36.8 Å². The number of benzene rings is 1. The van der Waals surface area contributed by atoms with E-state index in [1.54, 1.807) is 11.1 Å². The van der Waals surface area contributed by atoms with Crippen LogP contribution in [0.1, 0.15) is 51.0 Å². The van der Waals surface area contributed by atoms with E-state index in [9.17, 15) is 0 Å². The zero-order chi connectivity index (χ0) is 10.5. The van der Waals surface area contributed by atoms with Crippen molar-refractivity contribution in [2.45, 2.75) is 45.4 Å². The molecule has 1 fully saturated rings. The second kappa shape index (κ2) is 5.16. The van der Waals surface area contributed by atoms with E-state index in [-0.39, 0.29) is 0 Å². The van der Waals surface area contributed by atoms with Crippen molar-refractivity contribution in [3.8, 4) is 0 Å². The minimum atomic E-state index is 1.28. The Labute approximate surface area is 93.0 Å². The molecule has 1 aromatic carbocycles. The van der Waals surface area contributed by atoms with Gasteiger partial charge in [0, 0.05) is 0 Å². The SMILES string of the molecule is CCCCCC(=C1CC1)c1ccccc1. The molecule has 0 saturated heterocycles. The molecule has 0 spiro atoms. The molecule has 1 aliphatic carbocycles. The monoisotopic (exact) mass is 200 g/mol. The molecule has 0 nitrogen and oxygen atoms in total. The molecule has 0 aromatic heterocycles. The Balaban J connectivity index is 2.06. The molecule has 0 aliphatic heterocycles. The van der Waals surface area contributed by atoms with E-state index < -0.39 is 0 Å². The van der Waals surface area contributed by atoms with Crippen LogP contribution in [0.3, 0.4) is 0 Å². The summed E-state index contributed by atoms with van der Waals surface area (Å²) < 4.78 is 0. The molecule has 0 atom stereocenters. The number of hydrogen-bond acceptors (Lipinski definition) is 0. The highest BCUT2D eigenvalue weighted by molar-refractivity contribution is 5.71. The van der Waals surface area contributed by atoms with E-state index in [1.807, 2.05) is 0 Å². The Bertz CT molecular complexity index is 326. The van der Waals surface area contributed by atoms with Gasteiger partial charge >= 0.3 is 0 Å². The van der Waals surface area contributed by atoms with Crippen LogP contribution in [0.4, 0.5) is 0 Å². The zero-order valence-corrected chi connectivity index (χ0v) is 9.63. The Morgan fingerprint density at radius 2 is 1.80 bits per heavy atom. The van der Waals surface area contributed by atoms with Gasteiger partial charge < -0.3 is 0 Å². The fourth-order valence-electron chi connectivity index (χ4n) is 2.08. The van der Waals surface area contributed by atoms with Crippen molar-refractivity contribution in [1.82, 2.24) is 0 Å². The average Bonchev–Trinajstić information content (AvgIpc) is 3.10. The van der Waals surface area contributed by atoms with Gasteiger partial charge in [-0.3, -0.25) is 0 Å². The minimum absolute atomic E-state index is 1.28. The lowest BCUT2D eigenvalue weighted by Gasteiger charge is -2.07. The van der Waals surface area contributed by atoms with Crippen molar-refractivity contribution in [2.75, 3.05) is 0 Å². The van der Waals surface area contributed by atoms with Crippen LogP contribution >= 0.6 is 0 Å². The van der Waals surface area contributed by atoms with Crippen LogP contribution in [0.25, 0.3) is 5.57 Å². The van der Waals surface area contributed by atoms with Crippen LogP contribution < -0.4 is 0 Å². The average molecular weight is 200 g/mol. The number of allylic oxidation sites excluding steroid dienone is 2. The first-order valence-corrected chi connectivity index (χ1v) is 6.18. The molecule has 1 aliphatic rings. The van der Waals surface area contributed by atoms with Gasteiger partial charge in [0.25, 0.3) is 0 Å². The van der Waals surface area contributed by atoms with Crippen LogP contribution in [-0.4, -0.2) is 0 Å². The summed E-state index contributed by atoms with van der Waals surface area (Å²) in [5, 5.41) is 0. The van der Waals surface area contributed by atoms with E-state index in [2.05, 4.69) is 37.3 Å². The third-order valence-electron chi connectivity index (χ3n) is 3.08. The maximum Gasteiger partial charge on any atom is -0.0225 e. The smallest absolute Gasteiger partial charge is 0.0225 e. The van der Waals surface area contributed by atoms with E-state index in [0.717, 1.165) is 0 Å². The van der Waals surface area contributed by atoms with Gasteiger partial charge in [0.15, 0.2) is 0 Å². The van der Waals surface area contributed by atoms with Gasteiger partial charge in [-0.15, -0.1) is 0 Å². The van der Waals surface area contributed by atoms with Gasteiger partial charge in [-0.1, -0.05) is 55.7 Å². The zero-order valence-electron chi connectivity index (χ0n) is 9.63. The van der Waals surface area contributed by atoms with Crippen molar-refractivity contribution in [1.29, 1.82) is 0 Å². The maximum absolute atomic E-state index is 2.27. The van der Waals surface area contributed by atoms with Crippen LogP contribution in [0.15, 0.2) is 35.9 Å². The first kappa shape index (κ1) is 10.5. The number of unbranched alkanes of at least 4 members (excludes halogenated alkanes) is 2. The Morgan fingerprint density at radius 3 is 2.40 bits per heavy atom. The standard InChI is InChI=1S/C15H20/c1-2-3-5-10-15(14-11-12-14)13-8-6-4-7-9-13/h4,6-9H,2-3,5,10-12H2,1H3. The van der Waals surface area contributed by atoms with Crippen molar-refractivity contribution in [2.24, 2.45) is 0 Å². The number of rotatable bonds is 5. The molecule has 0 amide bonds. The minimum Gasteiger partial charge on any atom is -0.0658 e. The largest absolute Gasteiger partial charge is 0.0658 e. The first-order valence-electron chi connectivity index (χ1n) is 6.18. The molecule has 1 aromatic rings. The van der Waals surface area contributed by atoms with Crippen molar-refractivity contribution in [3.63, 3.8) is 0 Å². The fraction of sp³-hybridized carbons (Fsp3) is 0.467. The summed E-state index contributed by atoms with van der Waals surface area (Å²) in [7, 11) is 0. The van der Waals surface area contributed by atoms with Crippen LogP contribution in [0, 0.1) is 0 Å².